The minimum absolute atomic E-state index is 0.132. The van der Waals surface area contributed by atoms with Crippen LogP contribution in [0, 0.1) is 12.3 Å². The third kappa shape index (κ3) is 3.19. The summed E-state index contributed by atoms with van der Waals surface area (Å²) in [5.74, 6) is 2.39. The number of morpholine rings is 1. The minimum atomic E-state index is -3.40. The van der Waals surface area contributed by atoms with Crippen LogP contribution in [0.5, 0.6) is 0 Å². The van der Waals surface area contributed by atoms with Crippen LogP contribution in [0.15, 0.2) is 0 Å². The molecule has 0 atom stereocenters. The average Bonchev–Trinajstić information content (AvgIpc) is 2.30. The third-order valence-electron chi connectivity index (χ3n) is 2.36. The second-order valence-corrected chi connectivity index (χ2v) is 5.49. The van der Waals surface area contributed by atoms with Crippen molar-refractivity contribution >= 4 is 10.2 Å². The molecule has 0 aromatic carbocycles. The maximum Gasteiger partial charge on any atom is 0.283 e. The average molecular weight is 246 g/mol. The lowest BCUT2D eigenvalue weighted by atomic mass is 10.5. The van der Waals surface area contributed by atoms with Crippen molar-refractivity contribution in [1.29, 1.82) is 0 Å². The fourth-order valence-electron chi connectivity index (χ4n) is 1.57. The van der Waals surface area contributed by atoms with Crippen LogP contribution in [0.4, 0.5) is 0 Å². The molecule has 0 aromatic rings. The molecular weight excluding hydrogens is 228 g/mol. The van der Waals surface area contributed by atoms with Crippen LogP contribution in [0.25, 0.3) is 0 Å². The van der Waals surface area contributed by atoms with Gasteiger partial charge >= 0.3 is 0 Å². The van der Waals surface area contributed by atoms with Gasteiger partial charge in [-0.15, -0.1) is 6.42 Å². The van der Waals surface area contributed by atoms with Gasteiger partial charge in [-0.3, -0.25) is 0 Å². The molecule has 92 valence electrons. The number of ether oxygens (including phenoxy) is 1. The van der Waals surface area contributed by atoms with Gasteiger partial charge in [-0.05, 0) is 6.42 Å². The lowest BCUT2D eigenvalue weighted by Crippen LogP contribution is -2.48. The van der Waals surface area contributed by atoms with E-state index in [-0.39, 0.29) is 6.54 Å². The Labute approximate surface area is 97.5 Å². The normalized spacial score (nSPS) is 18.6. The zero-order chi connectivity index (χ0) is 12.0. The highest BCUT2D eigenvalue weighted by molar-refractivity contribution is 7.86. The number of rotatable bonds is 5. The molecular formula is C10H18N2O3S. The highest BCUT2D eigenvalue weighted by Gasteiger charge is 2.29. The lowest BCUT2D eigenvalue weighted by Gasteiger charge is -2.31. The second kappa shape index (κ2) is 6.21. The van der Waals surface area contributed by atoms with Gasteiger partial charge in [0, 0.05) is 19.6 Å². The summed E-state index contributed by atoms with van der Waals surface area (Å²) in [7, 11) is -3.40. The van der Waals surface area contributed by atoms with Gasteiger partial charge in [-0.25, -0.2) is 0 Å². The van der Waals surface area contributed by atoms with E-state index in [2.05, 4.69) is 5.92 Å². The largest absolute Gasteiger partial charge is 0.379 e. The van der Waals surface area contributed by atoms with Crippen LogP contribution < -0.4 is 0 Å². The van der Waals surface area contributed by atoms with E-state index < -0.39 is 10.2 Å². The van der Waals surface area contributed by atoms with Crippen molar-refractivity contribution < 1.29 is 13.2 Å². The van der Waals surface area contributed by atoms with Gasteiger partial charge in [0.1, 0.15) is 0 Å². The van der Waals surface area contributed by atoms with E-state index in [1.54, 1.807) is 0 Å². The molecule has 1 heterocycles. The molecule has 0 saturated carbocycles. The first-order valence-electron chi connectivity index (χ1n) is 5.39. The van der Waals surface area contributed by atoms with Crippen LogP contribution >= 0.6 is 0 Å². The first-order chi connectivity index (χ1) is 7.62. The van der Waals surface area contributed by atoms with E-state index in [9.17, 15) is 8.42 Å². The standard InChI is InChI=1S/C10H18N2O3S/c1-3-5-11(6-4-2)16(13,14)12-7-9-15-10-8-12/h1H,4-10H2,2H3. The molecule has 1 aliphatic heterocycles. The summed E-state index contributed by atoms with van der Waals surface area (Å²) in [6, 6.07) is 0. The molecule has 1 aliphatic rings. The van der Waals surface area contributed by atoms with Crippen molar-refractivity contribution in [2.75, 3.05) is 39.4 Å². The Morgan fingerprint density at radius 2 is 2.06 bits per heavy atom. The smallest absolute Gasteiger partial charge is 0.283 e. The second-order valence-electron chi connectivity index (χ2n) is 3.56. The van der Waals surface area contributed by atoms with Crippen molar-refractivity contribution in [3.63, 3.8) is 0 Å². The first-order valence-corrected chi connectivity index (χ1v) is 6.79. The van der Waals surface area contributed by atoms with E-state index in [0.717, 1.165) is 6.42 Å². The Balaban J connectivity index is 2.75. The molecule has 0 N–H and O–H groups in total. The van der Waals surface area contributed by atoms with Crippen molar-refractivity contribution in [2.45, 2.75) is 13.3 Å². The van der Waals surface area contributed by atoms with Crippen LogP contribution in [0.1, 0.15) is 13.3 Å². The Hall–Kier alpha value is -0.610. The van der Waals surface area contributed by atoms with Crippen LogP contribution in [-0.2, 0) is 14.9 Å². The van der Waals surface area contributed by atoms with E-state index in [4.69, 9.17) is 11.2 Å². The molecule has 0 aliphatic carbocycles. The third-order valence-corrected chi connectivity index (χ3v) is 4.35. The van der Waals surface area contributed by atoms with Crippen LogP contribution in [0.3, 0.4) is 0 Å². The van der Waals surface area contributed by atoms with Gasteiger partial charge in [0.2, 0.25) is 0 Å². The maximum absolute atomic E-state index is 12.2. The molecule has 1 fully saturated rings. The maximum atomic E-state index is 12.2. The van der Waals surface area contributed by atoms with Crippen molar-refractivity contribution in [2.24, 2.45) is 0 Å². The molecule has 1 rings (SSSR count). The first kappa shape index (κ1) is 13.5. The predicted octanol–water partition coefficient (Wildman–Crippen LogP) is -0.0914. The summed E-state index contributed by atoms with van der Waals surface area (Å²) in [5.41, 5.74) is 0. The molecule has 16 heavy (non-hydrogen) atoms. The summed E-state index contributed by atoms with van der Waals surface area (Å²) in [6.07, 6.45) is 5.94. The predicted molar refractivity (Wildman–Crippen MR) is 62.0 cm³/mol. The number of hydrogen-bond acceptors (Lipinski definition) is 3. The number of hydrogen-bond donors (Lipinski definition) is 0. The zero-order valence-corrected chi connectivity index (χ0v) is 10.4. The summed E-state index contributed by atoms with van der Waals surface area (Å²) in [4.78, 5) is 0. The highest BCUT2D eigenvalue weighted by atomic mass is 32.2. The minimum Gasteiger partial charge on any atom is -0.379 e. The van der Waals surface area contributed by atoms with E-state index >= 15 is 0 Å². The molecule has 0 spiro atoms. The van der Waals surface area contributed by atoms with Crippen molar-refractivity contribution in [3.05, 3.63) is 0 Å². The molecule has 1 saturated heterocycles. The highest BCUT2D eigenvalue weighted by Crippen LogP contribution is 2.11. The van der Waals surface area contributed by atoms with Gasteiger partial charge in [-0.1, -0.05) is 12.8 Å². The van der Waals surface area contributed by atoms with Crippen molar-refractivity contribution in [3.8, 4) is 12.3 Å². The van der Waals surface area contributed by atoms with E-state index in [1.807, 2.05) is 6.92 Å². The SMILES string of the molecule is C#CCN(CCC)S(=O)(=O)N1CCOCC1. The Bertz CT molecular complexity index is 342. The van der Waals surface area contributed by atoms with Crippen LogP contribution in [0.2, 0.25) is 0 Å². The molecule has 6 heteroatoms. The zero-order valence-electron chi connectivity index (χ0n) is 9.55. The Morgan fingerprint density at radius 1 is 1.44 bits per heavy atom. The van der Waals surface area contributed by atoms with Gasteiger partial charge in [0.15, 0.2) is 0 Å². The summed E-state index contributed by atoms with van der Waals surface area (Å²) < 4.78 is 32.2. The van der Waals surface area contributed by atoms with E-state index in [0.29, 0.717) is 32.8 Å². The molecule has 0 unspecified atom stereocenters. The monoisotopic (exact) mass is 246 g/mol. The summed E-state index contributed by atoms with van der Waals surface area (Å²) in [6.45, 7) is 4.25. The topological polar surface area (TPSA) is 49.9 Å². The molecule has 0 bridgehead atoms. The van der Waals surface area contributed by atoms with Crippen molar-refractivity contribution in [1.82, 2.24) is 8.61 Å². The molecule has 0 radical (unpaired) electrons. The lowest BCUT2D eigenvalue weighted by molar-refractivity contribution is 0.0704. The summed E-state index contributed by atoms with van der Waals surface area (Å²) >= 11 is 0. The van der Waals surface area contributed by atoms with Gasteiger partial charge in [0.25, 0.3) is 10.2 Å². The quantitative estimate of drug-likeness (QED) is 0.637. The fourth-order valence-corrected chi connectivity index (χ4v) is 3.16. The Kier molecular flexibility index (Phi) is 5.22. The van der Waals surface area contributed by atoms with Gasteiger partial charge < -0.3 is 4.74 Å². The Morgan fingerprint density at radius 3 is 2.56 bits per heavy atom. The molecule has 0 aromatic heterocycles. The van der Waals surface area contributed by atoms with E-state index in [1.165, 1.54) is 8.61 Å². The van der Waals surface area contributed by atoms with Gasteiger partial charge in [-0.2, -0.15) is 17.0 Å². The van der Waals surface area contributed by atoms with Crippen LogP contribution in [-0.4, -0.2) is 56.4 Å². The number of nitrogens with zero attached hydrogens (tertiary/aromatic N) is 2. The summed E-state index contributed by atoms with van der Waals surface area (Å²) in [5, 5.41) is 0. The molecule has 5 nitrogen and oxygen atoms in total. The number of terminal acetylenes is 1. The molecule has 0 amide bonds. The fraction of sp³-hybridized carbons (Fsp3) is 0.800. The van der Waals surface area contributed by atoms with Gasteiger partial charge in [0.05, 0.1) is 19.8 Å².